The Hall–Kier alpha value is -1.27. The lowest BCUT2D eigenvalue weighted by atomic mass is 10.0. The van der Waals surface area contributed by atoms with E-state index >= 15 is 0 Å². The first kappa shape index (κ1) is 14.7. The highest BCUT2D eigenvalue weighted by molar-refractivity contribution is 7.88. The molecule has 0 N–H and O–H groups in total. The molecule has 3 rings (SSSR count). The Balaban J connectivity index is 1.68. The standard InChI is InChI=1S/C15H21NO4S/c1-19-13-5-7-14(8-6-13)20-10-15-11-3-4-12(9-11)16(15)21(2,17)18/h5-8,11-12,15H,3-4,9-10H2,1-2H3/t11-,12+,15+/m0/s1. The van der Waals surface area contributed by atoms with Crippen LogP contribution in [0, 0.1) is 5.92 Å². The minimum Gasteiger partial charge on any atom is -0.497 e. The van der Waals surface area contributed by atoms with E-state index in [0.29, 0.717) is 12.5 Å². The Labute approximate surface area is 125 Å². The molecule has 1 aliphatic heterocycles. The van der Waals surface area contributed by atoms with Gasteiger partial charge in [0.2, 0.25) is 10.0 Å². The van der Waals surface area contributed by atoms with E-state index in [4.69, 9.17) is 9.47 Å². The van der Waals surface area contributed by atoms with Crippen LogP contribution in [0.15, 0.2) is 24.3 Å². The van der Waals surface area contributed by atoms with Gasteiger partial charge in [0.05, 0.1) is 19.4 Å². The van der Waals surface area contributed by atoms with Crippen LogP contribution in [0.2, 0.25) is 0 Å². The summed E-state index contributed by atoms with van der Waals surface area (Å²) in [5, 5.41) is 0. The van der Waals surface area contributed by atoms with Crippen LogP contribution < -0.4 is 9.47 Å². The monoisotopic (exact) mass is 311 g/mol. The average molecular weight is 311 g/mol. The summed E-state index contributed by atoms with van der Waals surface area (Å²) < 4.78 is 36.5. The maximum Gasteiger partial charge on any atom is 0.211 e. The normalized spacial score (nSPS) is 28.8. The smallest absolute Gasteiger partial charge is 0.211 e. The topological polar surface area (TPSA) is 55.8 Å². The maximum atomic E-state index is 12.0. The first-order valence-corrected chi connectivity index (χ1v) is 9.09. The molecule has 116 valence electrons. The van der Waals surface area contributed by atoms with Crippen molar-refractivity contribution < 1.29 is 17.9 Å². The third kappa shape index (κ3) is 2.87. The Morgan fingerprint density at radius 3 is 2.48 bits per heavy atom. The van der Waals surface area contributed by atoms with E-state index in [1.54, 1.807) is 11.4 Å². The lowest BCUT2D eigenvalue weighted by Crippen LogP contribution is -2.47. The molecule has 0 unspecified atom stereocenters. The number of benzene rings is 1. The summed E-state index contributed by atoms with van der Waals surface area (Å²) in [7, 11) is -1.54. The predicted octanol–water partition coefficient (Wildman–Crippen LogP) is 1.89. The minimum absolute atomic E-state index is 0.0270. The van der Waals surface area contributed by atoms with Crippen LogP contribution in [-0.2, 0) is 10.0 Å². The number of hydrogen-bond donors (Lipinski definition) is 0. The fraction of sp³-hybridized carbons (Fsp3) is 0.600. The Morgan fingerprint density at radius 1 is 1.19 bits per heavy atom. The van der Waals surface area contributed by atoms with Gasteiger partial charge in [-0.1, -0.05) is 0 Å². The molecule has 0 radical (unpaired) electrons. The quantitative estimate of drug-likeness (QED) is 0.833. The van der Waals surface area contributed by atoms with E-state index in [0.717, 1.165) is 30.8 Å². The molecule has 0 aromatic heterocycles. The van der Waals surface area contributed by atoms with Gasteiger partial charge in [0.1, 0.15) is 18.1 Å². The van der Waals surface area contributed by atoms with Crippen LogP contribution in [0.25, 0.3) is 0 Å². The van der Waals surface area contributed by atoms with Crippen LogP contribution in [0.1, 0.15) is 19.3 Å². The second kappa shape index (κ2) is 5.50. The van der Waals surface area contributed by atoms with E-state index in [2.05, 4.69) is 0 Å². The minimum atomic E-state index is -3.16. The molecule has 2 aliphatic rings. The third-order valence-electron chi connectivity index (χ3n) is 4.54. The zero-order valence-corrected chi connectivity index (χ0v) is 13.2. The molecule has 0 spiro atoms. The Kier molecular flexibility index (Phi) is 3.84. The summed E-state index contributed by atoms with van der Waals surface area (Å²) in [4.78, 5) is 0. The zero-order valence-electron chi connectivity index (χ0n) is 12.4. The van der Waals surface area contributed by atoms with Crippen LogP contribution in [0.3, 0.4) is 0 Å². The molecule has 1 aromatic rings. The summed E-state index contributed by atoms with van der Waals surface area (Å²) >= 11 is 0. The van der Waals surface area contributed by atoms with Gasteiger partial charge in [-0.05, 0) is 49.4 Å². The summed E-state index contributed by atoms with van der Waals surface area (Å²) in [5.74, 6) is 1.95. The van der Waals surface area contributed by atoms with Crippen molar-refractivity contribution in [1.29, 1.82) is 0 Å². The van der Waals surface area contributed by atoms with Gasteiger partial charge in [0, 0.05) is 6.04 Å². The van der Waals surface area contributed by atoms with E-state index < -0.39 is 10.0 Å². The zero-order chi connectivity index (χ0) is 15.0. The maximum absolute atomic E-state index is 12.0. The molecule has 5 nitrogen and oxygen atoms in total. The Bertz CT molecular complexity index is 599. The number of rotatable bonds is 5. The van der Waals surface area contributed by atoms with E-state index in [9.17, 15) is 8.42 Å². The van der Waals surface area contributed by atoms with Crippen LogP contribution in [0.5, 0.6) is 11.5 Å². The molecule has 3 atom stereocenters. The molecule has 21 heavy (non-hydrogen) atoms. The number of ether oxygens (including phenoxy) is 2. The summed E-state index contributed by atoms with van der Waals surface area (Å²) in [6.07, 6.45) is 4.36. The van der Waals surface area contributed by atoms with Crippen molar-refractivity contribution in [2.24, 2.45) is 5.92 Å². The fourth-order valence-electron chi connectivity index (χ4n) is 3.63. The van der Waals surface area contributed by atoms with Gasteiger partial charge in [-0.3, -0.25) is 0 Å². The summed E-state index contributed by atoms with van der Waals surface area (Å²) in [5.41, 5.74) is 0. The second-order valence-corrected chi connectivity index (χ2v) is 7.76. The van der Waals surface area contributed by atoms with Crippen LogP contribution in [-0.4, -0.2) is 44.8 Å². The predicted molar refractivity (Wildman–Crippen MR) is 80.1 cm³/mol. The lowest BCUT2D eigenvalue weighted by molar-refractivity contribution is 0.163. The lowest BCUT2D eigenvalue weighted by Gasteiger charge is -2.33. The van der Waals surface area contributed by atoms with Gasteiger partial charge < -0.3 is 9.47 Å². The van der Waals surface area contributed by atoms with Gasteiger partial charge in [0.25, 0.3) is 0 Å². The van der Waals surface area contributed by atoms with Crippen molar-refractivity contribution in [2.75, 3.05) is 20.0 Å². The van der Waals surface area contributed by atoms with Crippen molar-refractivity contribution in [3.63, 3.8) is 0 Å². The number of sulfonamides is 1. The van der Waals surface area contributed by atoms with E-state index in [-0.39, 0.29) is 12.1 Å². The highest BCUT2D eigenvalue weighted by Gasteiger charge is 2.50. The first-order chi connectivity index (χ1) is 9.99. The van der Waals surface area contributed by atoms with Crippen molar-refractivity contribution in [2.45, 2.75) is 31.3 Å². The largest absolute Gasteiger partial charge is 0.497 e. The number of methoxy groups -OCH3 is 1. The van der Waals surface area contributed by atoms with Crippen LogP contribution in [0.4, 0.5) is 0 Å². The summed E-state index contributed by atoms with van der Waals surface area (Å²) in [6, 6.07) is 7.51. The van der Waals surface area contributed by atoms with Gasteiger partial charge >= 0.3 is 0 Å². The number of piperidine rings is 1. The van der Waals surface area contributed by atoms with Gasteiger partial charge in [-0.2, -0.15) is 4.31 Å². The Morgan fingerprint density at radius 2 is 1.86 bits per heavy atom. The number of nitrogens with zero attached hydrogens (tertiary/aromatic N) is 1. The molecule has 2 fully saturated rings. The van der Waals surface area contributed by atoms with E-state index in [1.807, 2.05) is 24.3 Å². The van der Waals surface area contributed by atoms with Crippen LogP contribution >= 0.6 is 0 Å². The second-order valence-electron chi connectivity index (χ2n) is 5.87. The molecule has 1 heterocycles. The van der Waals surface area contributed by atoms with E-state index in [1.165, 1.54) is 6.26 Å². The fourth-order valence-corrected chi connectivity index (χ4v) is 5.09. The molecular weight excluding hydrogens is 290 g/mol. The molecule has 1 saturated carbocycles. The molecule has 0 amide bonds. The van der Waals surface area contributed by atoms with Crippen molar-refractivity contribution >= 4 is 10.0 Å². The highest BCUT2D eigenvalue weighted by Crippen LogP contribution is 2.43. The van der Waals surface area contributed by atoms with Crippen molar-refractivity contribution in [3.05, 3.63) is 24.3 Å². The van der Waals surface area contributed by atoms with Crippen molar-refractivity contribution in [1.82, 2.24) is 4.31 Å². The van der Waals surface area contributed by atoms with Gasteiger partial charge in [0.15, 0.2) is 0 Å². The molecule has 2 bridgehead atoms. The van der Waals surface area contributed by atoms with Gasteiger partial charge in [-0.25, -0.2) is 8.42 Å². The summed E-state index contributed by atoms with van der Waals surface area (Å²) in [6.45, 7) is 0.417. The number of hydrogen-bond acceptors (Lipinski definition) is 4. The van der Waals surface area contributed by atoms with Gasteiger partial charge in [-0.15, -0.1) is 0 Å². The molecule has 1 saturated heterocycles. The van der Waals surface area contributed by atoms with Crippen molar-refractivity contribution in [3.8, 4) is 11.5 Å². The molecule has 6 heteroatoms. The first-order valence-electron chi connectivity index (χ1n) is 7.24. The molecular formula is C15H21NO4S. The highest BCUT2D eigenvalue weighted by atomic mass is 32.2. The number of fused-ring (bicyclic) bond motifs is 2. The molecule has 1 aromatic carbocycles. The molecule has 1 aliphatic carbocycles. The average Bonchev–Trinajstić information content (AvgIpc) is 3.05. The third-order valence-corrected chi connectivity index (χ3v) is 5.87. The SMILES string of the molecule is COc1ccc(OC[C@@H]2[C@H]3CC[C@H](C3)N2S(C)(=O)=O)cc1.